The van der Waals surface area contributed by atoms with Crippen LogP contribution in [0.5, 0.6) is 0 Å². The van der Waals surface area contributed by atoms with Crippen molar-refractivity contribution in [1.29, 1.82) is 0 Å². The summed E-state index contributed by atoms with van der Waals surface area (Å²) in [5, 5.41) is 0. The maximum absolute atomic E-state index is 13.7. The van der Waals surface area contributed by atoms with Gasteiger partial charge in [-0.15, -0.1) is 0 Å². The number of benzene rings is 1. The molecule has 1 aromatic carbocycles. The van der Waals surface area contributed by atoms with Crippen molar-refractivity contribution in [2.75, 3.05) is 7.11 Å². The fourth-order valence-corrected chi connectivity index (χ4v) is 12.9. The van der Waals surface area contributed by atoms with Crippen LogP contribution in [-0.2, 0) is 14.3 Å². The van der Waals surface area contributed by atoms with E-state index in [9.17, 15) is 14.4 Å². The molecule has 0 spiro atoms. The third kappa shape index (κ3) is 4.10. The zero-order valence-corrected chi connectivity index (χ0v) is 28.3. The maximum Gasteiger partial charge on any atom is 0.337 e. The molecule has 238 valence electrons. The first kappa shape index (κ1) is 31.5. The van der Waals surface area contributed by atoms with Crippen molar-refractivity contribution in [1.82, 2.24) is 0 Å². The summed E-state index contributed by atoms with van der Waals surface area (Å²) in [5.41, 5.74) is 4.68. The fraction of sp³-hybridized carbons (Fsp3) is 0.675. The van der Waals surface area contributed by atoms with E-state index in [0.717, 1.165) is 38.4 Å². The number of hydrogen-bond acceptors (Lipinski definition) is 4. The highest BCUT2D eigenvalue weighted by Gasteiger charge is 2.71. The van der Waals surface area contributed by atoms with Crippen LogP contribution >= 0.6 is 0 Å². The summed E-state index contributed by atoms with van der Waals surface area (Å²) in [6, 6.07) is 8.00. The van der Waals surface area contributed by atoms with Gasteiger partial charge in [0.2, 0.25) is 0 Å². The molecule has 4 saturated carbocycles. The lowest BCUT2D eigenvalue weighted by Gasteiger charge is -2.72. The van der Waals surface area contributed by atoms with Gasteiger partial charge in [0.15, 0.2) is 0 Å². The maximum atomic E-state index is 13.7. The molecule has 0 N–H and O–H groups in total. The Hall–Kier alpha value is -2.49. The van der Waals surface area contributed by atoms with Crippen molar-refractivity contribution in [2.24, 2.45) is 56.7 Å². The average molecular weight is 599 g/mol. The van der Waals surface area contributed by atoms with Crippen LogP contribution in [0.1, 0.15) is 122 Å². The van der Waals surface area contributed by atoms with Crippen LogP contribution in [0, 0.1) is 56.7 Å². The van der Waals surface area contributed by atoms with Gasteiger partial charge in [0.1, 0.15) is 12.1 Å². The van der Waals surface area contributed by atoms with Crippen LogP contribution in [0.15, 0.2) is 42.5 Å². The van der Waals surface area contributed by atoms with Crippen LogP contribution in [0.2, 0.25) is 0 Å². The highest BCUT2D eigenvalue weighted by molar-refractivity contribution is 5.94. The van der Waals surface area contributed by atoms with Gasteiger partial charge in [0, 0.05) is 5.41 Å². The highest BCUT2D eigenvalue weighted by Crippen LogP contribution is 2.77. The van der Waals surface area contributed by atoms with Crippen molar-refractivity contribution in [3.63, 3.8) is 0 Å². The largest absolute Gasteiger partial charge is 0.465 e. The van der Waals surface area contributed by atoms with Crippen molar-refractivity contribution >= 4 is 23.6 Å². The summed E-state index contributed by atoms with van der Waals surface area (Å²) in [6.07, 6.45) is 13.3. The second-order valence-electron chi connectivity index (χ2n) is 16.7. The number of ketones is 1. The van der Waals surface area contributed by atoms with Crippen LogP contribution < -0.4 is 0 Å². The SMILES string of the molecule is C=C(C)[C@@H]1CC[C@]2(C(=O)CC=O)CC[C@]3(C)[C@H](CC[C@@H]4[C@@]5(C)CC=C(c6ccc(C(=O)OC)cc6)C(C)(C)[C@@H]5CC[C@]43C)[C@@H]12. The number of hydrogen-bond donors (Lipinski definition) is 0. The standard InChI is InChI=1S/C40H54O4/c1-25(2)28-15-21-40(33(42)18-24-41)23-22-38(6)30(34(28)40)13-14-32-37(5)19-16-29(26-9-11-27(12-10-26)35(43)44-8)36(3,4)31(37)17-20-39(32,38)7/h9-12,16,24,28,30-32,34H,1,13-15,17-23H2,2-8H3/t28-,30+,31-,32+,34+,37-,38+,39+,40+/m0/s1. The van der Waals surface area contributed by atoms with Crippen LogP contribution in [0.4, 0.5) is 0 Å². The summed E-state index contributed by atoms with van der Waals surface area (Å²) in [7, 11) is 1.43. The third-order valence-corrected chi connectivity index (χ3v) is 15.1. The first-order valence-corrected chi connectivity index (χ1v) is 17.2. The van der Waals surface area contributed by atoms with Gasteiger partial charge in [0.05, 0.1) is 19.1 Å². The molecule has 6 rings (SSSR count). The molecule has 0 heterocycles. The molecule has 5 aliphatic carbocycles. The molecule has 0 radical (unpaired) electrons. The predicted molar refractivity (Wildman–Crippen MR) is 176 cm³/mol. The smallest absolute Gasteiger partial charge is 0.337 e. The number of ether oxygens (including phenoxy) is 1. The number of fused-ring (bicyclic) bond motifs is 7. The van der Waals surface area contributed by atoms with Gasteiger partial charge in [-0.25, -0.2) is 4.79 Å². The molecular formula is C40H54O4. The van der Waals surface area contributed by atoms with Crippen LogP contribution in [0.3, 0.4) is 0 Å². The number of Topliss-reactive ketones (excluding diaryl/α,β-unsaturated/α-hetero) is 1. The number of rotatable bonds is 6. The van der Waals surface area contributed by atoms with Gasteiger partial charge < -0.3 is 9.53 Å². The second-order valence-corrected chi connectivity index (χ2v) is 16.7. The molecule has 9 atom stereocenters. The van der Waals surface area contributed by atoms with Gasteiger partial charge in [0.25, 0.3) is 0 Å². The van der Waals surface area contributed by atoms with Gasteiger partial charge in [-0.3, -0.25) is 4.79 Å². The third-order valence-electron chi connectivity index (χ3n) is 15.1. The molecule has 0 bridgehead atoms. The van der Waals surface area contributed by atoms with Gasteiger partial charge in [-0.1, -0.05) is 65.0 Å². The molecule has 0 saturated heterocycles. The van der Waals surface area contributed by atoms with Crippen molar-refractivity contribution in [2.45, 2.75) is 106 Å². The lowest BCUT2D eigenvalue weighted by Crippen LogP contribution is -2.65. The number of allylic oxidation sites excluding steroid dienone is 3. The Morgan fingerprint density at radius 3 is 2.25 bits per heavy atom. The molecule has 4 fully saturated rings. The van der Waals surface area contributed by atoms with Gasteiger partial charge in [-0.05, 0) is 139 Å². The first-order valence-electron chi connectivity index (χ1n) is 17.2. The van der Waals surface area contributed by atoms with Crippen LogP contribution in [-0.4, -0.2) is 25.1 Å². The highest BCUT2D eigenvalue weighted by atomic mass is 16.5. The van der Waals surface area contributed by atoms with E-state index >= 15 is 0 Å². The Balaban J connectivity index is 1.35. The molecule has 44 heavy (non-hydrogen) atoms. The predicted octanol–water partition coefficient (Wildman–Crippen LogP) is 9.28. The molecule has 0 amide bonds. The Morgan fingerprint density at radius 2 is 1.61 bits per heavy atom. The van der Waals surface area contributed by atoms with E-state index in [1.807, 2.05) is 12.1 Å². The van der Waals surface area contributed by atoms with E-state index in [4.69, 9.17) is 4.74 Å². The zero-order valence-electron chi connectivity index (χ0n) is 28.3. The molecule has 0 unspecified atom stereocenters. The molecule has 0 aromatic heterocycles. The number of methoxy groups -OCH3 is 1. The molecule has 5 aliphatic rings. The van der Waals surface area contributed by atoms with Gasteiger partial charge >= 0.3 is 5.97 Å². The Kier molecular flexibility index (Phi) is 7.53. The zero-order chi connectivity index (χ0) is 31.9. The summed E-state index contributed by atoms with van der Waals surface area (Å²) in [6.45, 7) is 19.4. The minimum absolute atomic E-state index is 0.0122. The molecule has 1 aromatic rings. The lowest BCUT2D eigenvalue weighted by atomic mass is 9.32. The van der Waals surface area contributed by atoms with E-state index in [1.165, 1.54) is 49.5 Å². The summed E-state index contributed by atoms with van der Waals surface area (Å²) in [4.78, 5) is 37.4. The molecule has 4 nitrogen and oxygen atoms in total. The Bertz CT molecular complexity index is 1400. The van der Waals surface area contributed by atoms with E-state index in [1.54, 1.807) is 0 Å². The Morgan fingerprint density at radius 1 is 0.909 bits per heavy atom. The number of carbonyl (C=O) groups is 3. The van der Waals surface area contributed by atoms with E-state index in [0.29, 0.717) is 35.2 Å². The summed E-state index contributed by atoms with van der Waals surface area (Å²) in [5.74, 6) is 2.29. The second kappa shape index (κ2) is 10.5. The van der Waals surface area contributed by atoms with Crippen molar-refractivity contribution in [3.05, 3.63) is 53.6 Å². The summed E-state index contributed by atoms with van der Waals surface area (Å²) < 4.78 is 4.93. The summed E-state index contributed by atoms with van der Waals surface area (Å²) >= 11 is 0. The quantitative estimate of drug-likeness (QED) is 0.142. The number of esters is 1. The number of carbonyl (C=O) groups excluding carboxylic acids is 3. The van der Waals surface area contributed by atoms with E-state index < -0.39 is 0 Å². The minimum Gasteiger partial charge on any atom is -0.465 e. The number of aldehydes is 1. The molecule has 0 aliphatic heterocycles. The molecule has 4 heteroatoms. The fourth-order valence-electron chi connectivity index (χ4n) is 12.9. The van der Waals surface area contributed by atoms with Crippen molar-refractivity contribution in [3.8, 4) is 0 Å². The lowest BCUT2D eigenvalue weighted by molar-refractivity contribution is -0.224. The monoisotopic (exact) mass is 598 g/mol. The first-order chi connectivity index (χ1) is 20.7. The van der Waals surface area contributed by atoms with Gasteiger partial charge in [-0.2, -0.15) is 0 Å². The molecular weight excluding hydrogens is 544 g/mol. The average Bonchev–Trinajstić information content (AvgIpc) is 3.38. The van der Waals surface area contributed by atoms with Crippen LogP contribution in [0.25, 0.3) is 5.57 Å². The Labute approximate surface area is 265 Å². The van der Waals surface area contributed by atoms with E-state index in [-0.39, 0.29) is 45.2 Å². The van der Waals surface area contributed by atoms with E-state index in [2.05, 4.69) is 66.3 Å². The normalized spacial score (nSPS) is 42.1. The minimum atomic E-state index is -0.340. The van der Waals surface area contributed by atoms with Crippen molar-refractivity contribution < 1.29 is 19.1 Å². The topological polar surface area (TPSA) is 60.4 Å².